The van der Waals surface area contributed by atoms with Gasteiger partial charge in [-0.1, -0.05) is 27.2 Å². The van der Waals surface area contributed by atoms with Crippen molar-refractivity contribution in [3.05, 3.63) is 0 Å². The summed E-state index contributed by atoms with van der Waals surface area (Å²) in [4.78, 5) is 2.70. The summed E-state index contributed by atoms with van der Waals surface area (Å²) in [6.07, 6.45) is 10.2. The molecule has 2 aliphatic rings. The Labute approximate surface area is 102 Å². The molecular formula is C15H29N. The van der Waals surface area contributed by atoms with Crippen LogP contribution in [0.1, 0.15) is 65.7 Å². The number of hydrogen-bond donors (Lipinski definition) is 0. The molecule has 0 atom stereocenters. The highest BCUT2D eigenvalue weighted by Gasteiger charge is 2.33. The maximum absolute atomic E-state index is 2.70. The second kappa shape index (κ2) is 4.68. The molecule has 0 aliphatic heterocycles. The number of nitrogens with zero attached hydrogens (tertiary/aromatic N) is 1. The molecule has 0 aromatic rings. The summed E-state index contributed by atoms with van der Waals surface area (Å²) in [7, 11) is 2.37. The van der Waals surface area contributed by atoms with Crippen LogP contribution in [0.3, 0.4) is 0 Å². The molecule has 0 aromatic heterocycles. The molecule has 0 spiro atoms. The molecule has 1 nitrogen and oxygen atoms in total. The summed E-state index contributed by atoms with van der Waals surface area (Å²) in [6.45, 7) is 7.23. The molecule has 0 heterocycles. The summed E-state index contributed by atoms with van der Waals surface area (Å²) in [5.74, 6) is 0.957. The van der Waals surface area contributed by atoms with Crippen LogP contribution in [-0.2, 0) is 0 Å². The lowest BCUT2D eigenvalue weighted by Crippen LogP contribution is -2.46. The van der Waals surface area contributed by atoms with Crippen molar-refractivity contribution in [1.82, 2.24) is 4.90 Å². The second-order valence-electron chi connectivity index (χ2n) is 7.12. The van der Waals surface area contributed by atoms with Gasteiger partial charge in [0.1, 0.15) is 0 Å². The van der Waals surface area contributed by atoms with Crippen LogP contribution in [-0.4, -0.2) is 24.0 Å². The molecule has 1 heteroatoms. The first-order valence-electron chi connectivity index (χ1n) is 7.20. The maximum Gasteiger partial charge on any atom is 0.00953 e. The third kappa shape index (κ3) is 2.61. The molecule has 0 aromatic carbocycles. The molecule has 2 saturated carbocycles. The van der Waals surface area contributed by atoms with Crippen LogP contribution >= 0.6 is 0 Å². The first-order valence-corrected chi connectivity index (χ1v) is 7.20. The Morgan fingerprint density at radius 2 is 1.31 bits per heavy atom. The molecule has 2 rings (SSSR count). The summed E-state index contributed by atoms with van der Waals surface area (Å²) in [5, 5.41) is 0. The van der Waals surface area contributed by atoms with Gasteiger partial charge in [0.25, 0.3) is 0 Å². The van der Waals surface area contributed by atoms with E-state index >= 15 is 0 Å². The fourth-order valence-corrected chi connectivity index (χ4v) is 3.44. The molecule has 0 saturated heterocycles. The zero-order valence-electron chi connectivity index (χ0n) is 11.6. The highest BCUT2D eigenvalue weighted by atomic mass is 15.2. The average molecular weight is 223 g/mol. The Kier molecular flexibility index (Phi) is 3.63. The van der Waals surface area contributed by atoms with E-state index < -0.39 is 0 Å². The predicted octanol–water partition coefficient (Wildman–Crippen LogP) is 4.08. The van der Waals surface area contributed by atoms with E-state index in [1.165, 1.54) is 44.9 Å². The third-order valence-corrected chi connectivity index (χ3v) is 5.15. The third-order valence-electron chi connectivity index (χ3n) is 5.15. The van der Waals surface area contributed by atoms with Crippen molar-refractivity contribution < 1.29 is 0 Å². The van der Waals surface area contributed by atoms with E-state index in [9.17, 15) is 0 Å². The molecule has 0 bridgehead atoms. The monoisotopic (exact) mass is 223 g/mol. The van der Waals surface area contributed by atoms with Gasteiger partial charge in [0.05, 0.1) is 0 Å². The minimum absolute atomic E-state index is 0.528. The van der Waals surface area contributed by atoms with Crippen molar-refractivity contribution in [2.24, 2.45) is 11.3 Å². The van der Waals surface area contributed by atoms with E-state index in [0.717, 1.165) is 18.0 Å². The molecule has 2 fully saturated rings. The van der Waals surface area contributed by atoms with Crippen LogP contribution in [0.2, 0.25) is 0 Å². The molecular weight excluding hydrogens is 194 g/mol. The van der Waals surface area contributed by atoms with Gasteiger partial charge < -0.3 is 4.90 Å². The minimum Gasteiger partial charge on any atom is -0.300 e. The van der Waals surface area contributed by atoms with Crippen LogP contribution < -0.4 is 0 Å². The smallest absolute Gasteiger partial charge is 0.00953 e. The van der Waals surface area contributed by atoms with E-state index in [4.69, 9.17) is 0 Å². The molecule has 0 N–H and O–H groups in total. The second-order valence-corrected chi connectivity index (χ2v) is 7.12. The van der Waals surface area contributed by atoms with Crippen LogP contribution in [0.25, 0.3) is 0 Å². The number of rotatable bonds is 2. The van der Waals surface area contributed by atoms with Crippen LogP contribution in [0.5, 0.6) is 0 Å². The Morgan fingerprint density at radius 1 is 0.812 bits per heavy atom. The van der Waals surface area contributed by atoms with E-state index in [2.05, 4.69) is 32.7 Å². The van der Waals surface area contributed by atoms with Crippen molar-refractivity contribution in [2.75, 3.05) is 7.05 Å². The van der Waals surface area contributed by atoms with Gasteiger partial charge in [0, 0.05) is 12.1 Å². The van der Waals surface area contributed by atoms with Gasteiger partial charge in [0.2, 0.25) is 0 Å². The SMILES string of the molecule is CN(C1CCC1)C1CCC(C(C)(C)C)CC1. The molecule has 16 heavy (non-hydrogen) atoms. The summed E-state index contributed by atoms with van der Waals surface area (Å²) in [6, 6.07) is 1.82. The predicted molar refractivity (Wildman–Crippen MR) is 70.6 cm³/mol. The van der Waals surface area contributed by atoms with Crippen LogP contribution in [0.4, 0.5) is 0 Å². The molecule has 0 radical (unpaired) electrons. The van der Waals surface area contributed by atoms with Gasteiger partial charge in [-0.15, -0.1) is 0 Å². The van der Waals surface area contributed by atoms with Crippen molar-refractivity contribution >= 4 is 0 Å². The maximum atomic E-state index is 2.70. The minimum atomic E-state index is 0.528. The van der Waals surface area contributed by atoms with Crippen molar-refractivity contribution in [3.63, 3.8) is 0 Å². The topological polar surface area (TPSA) is 3.24 Å². The van der Waals surface area contributed by atoms with Gasteiger partial charge in [0.15, 0.2) is 0 Å². The Morgan fingerprint density at radius 3 is 1.69 bits per heavy atom. The fraction of sp³-hybridized carbons (Fsp3) is 1.00. The average Bonchev–Trinajstić information content (AvgIpc) is 2.14. The fourth-order valence-electron chi connectivity index (χ4n) is 3.44. The highest BCUT2D eigenvalue weighted by Crippen LogP contribution is 2.40. The standard InChI is InChI=1S/C15H29N/c1-15(2,3)12-8-10-14(11-9-12)16(4)13-6-5-7-13/h12-14H,5-11H2,1-4H3. The Bertz CT molecular complexity index is 216. The van der Waals surface area contributed by atoms with E-state index in [1.807, 2.05) is 0 Å². The van der Waals surface area contributed by atoms with Crippen molar-refractivity contribution in [3.8, 4) is 0 Å². The van der Waals surface area contributed by atoms with Gasteiger partial charge in [-0.25, -0.2) is 0 Å². The van der Waals surface area contributed by atoms with Crippen molar-refractivity contribution in [1.29, 1.82) is 0 Å². The molecule has 0 amide bonds. The lowest BCUT2D eigenvalue weighted by Gasteiger charge is -2.44. The first-order chi connectivity index (χ1) is 7.48. The van der Waals surface area contributed by atoms with Gasteiger partial charge in [-0.2, -0.15) is 0 Å². The number of hydrogen-bond acceptors (Lipinski definition) is 1. The van der Waals surface area contributed by atoms with E-state index in [1.54, 1.807) is 0 Å². The molecule has 94 valence electrons. The summed E-state index contributed by atoms with van der Waals surface area (Å²) < 4.78 is 0. The molecule has 2 aliphatic carbocycles. The zero-order chi connectivity index (χ0) is 11.8. The lowest BCUT2D eigenvalue weighted by atomic mass is 9.71. The Hall–Kier alpha value is -0.0400. The van der Waals surface area contributed by atoms with E-state index in [-0.39, 0.29) is 0 Å². The zero-order valence-corrected chi connectivity index (χ0v) is 11.6. The Balaban J connectivity index is 1.80. The van der Waals surface area contributed by atoms with E-state index in [0.29, 0.717) is 5.41 Å². The van der Waals surface area contributed by atoms with Gasteiger partial charge in [-0.05, 0) is 56.9 Å². The van der Waals surface area contributed by atoms with Gasteiger partial charge in [-0.3, -0.25) is 0 Å². The normalized spacial score (nSPS) is 32.8. The van der Waals surface area contributed by atoms with Crippen LogP contribution in [0.15, 0.2) is 0 Å². The first kappa shape index (κ1) is 12.4. The lowest BCUT2D eigenvalue weighted by molar-refractivity contribution is 0.0577. The quantitative estimate of drug-likeness (QED) is 0.682. The largest absolute Gasteiger partial charge is 0.300 e. The highest BCUT2D eigenvalue weighted by molar-refractivity contribution is 4.88. The summed E-state index contributed by atoms with van der Waals surface area (Å²) >= 11 is 0. The van der Waals surface area contributed by atoms with Crippen LogP contribution in [0, 0.1) is 11.3 Å². The van der Waals surface area contributed by atoms with Crippen molar-refractivity contribution in [2.45, 2.75) is 77.8 Å². The summed E-state index contributed by atoms with van der Waals surface area (Å²) in [5.41, 5.74) is 0.528. The van der Waals surface area contributed by atoms with Gasteiger partial charge >= 0.3 is 0 Å². The molecule has 0 unspecified atom stereocenters.